The van der Waals surface area contributed by atoms with Crippen LogP contribution >= 0.6 is 0 Å². The zero-order valence-electron chi connectivity index (χ0n) is 15.0. The Bertz CT molecular complexity index is 375. The van der Waals surface area contributed by atoms with Crippen molar-refractivity contribution in [2.75, 3.05) is 0 Å². The molecule has 3 atom stereocenters. The highest BCUT2D eigenvalue weighted by Crippen LogP contribution is 2.32. The van der Waals surface area contributed by atoms with Crippen LogP contribution in [0.3, 0.4) is 0 Å². The van der Waals surface area contributed by atoms with Gasteiger partial charge in [0.05, 0.1) is 0 Å². The van der Waals surface area contributed by atoms with Gasteiger partial charge in [0.2, 0.25) is 0 Å². The molecule has 1 heteroatoms. The summed E-state index contributed by atoms with van der Waals surface area (Å²) in [6.45, 7) is 13.6. The van der Waals surface area contributed by atoms with Crippen molar-refractivity contribution in [1.82, 2.24) is 0 Å². The predicted molar refractivity (Wildman–Crippen MR) is 91.9 cm³/mol. The Morgan fingerprint density at radius 3 is 2.00 bits per heavy atom. The maximum absolute atomic E-state index is 13.7. The topological polar surface area (TPSA) is 0 Å². The van der Waals surface area contributed by atoms with Crippen LogP contribution in [0.5, 0.6) is 0 Å². The van der Waals surface area contributed by atoms with Gasteiger partial charge < -0.3 is 0 Å². The Kier molecular flexibility index (Phi) is 7.70. The molecule has 0 amide bonds. The molecule has 21 heavy (non-hydrogen) atoms. The van der Waals surface area contributed by atoms with Crippen LogP contribution in [0.4, 0.5) is 4.39 Å². The summed E-state index contributed by atoms with van der Waals surface area (Å²) in [5, 5.41) is 0. The van der Waals surface area contributed by atoms with Gasteiger partial charge in [0.15, 0.2) is 0 Å². The maximum atomic E-state index is 13.7. The van der Waals surface area contributed by atoms with Gasteiger partial charge in [-0.1, -0.05) is 53.0 Å². The predicted octanol–water partition coefficient (Wildman–Crippen LogP) is 7.07. The molecule has 1 aliphatic carbocycles. The number of hydrogen-bond donors (Lipinski definition) is 0. The molecule has 0 aromatic rings. The summed E-state index contributed by atoms with van der Waals surface area (Å²) in [6.07, 6.45) is 8.90. The zero-order chi connectivity index (χ0) is 16.0. The molecule has 0 aromatic heterocycles. The van der Waals surface area contributed by atoms with Crippen molar-refractivity contribution < 1.29 is 4.39 Å². The standard InChI is InChI=1S/C20H35F/c1-14(2)7-8-15(3)16(4)9-10-17(5)19-12-11-18(6)20(21)13-19/h13-17H,7-12H2,1-6H3. The summed E-state index contributed by atoms with van der Waals surface area (Å²) >= 11 is 0. The van der Waals surface area contributed by atoms with Crippen LogP contribution in [-0.2, 0) is 0 Å². The lowest BCUT2D eigenvalue weighted by Crippen LogP contribution is -2.12. The van der Waals surface area contributed by atoms with Crippen LogP contribution in [0.2, 0.25) is 0 Å². The summed E-state index contributed by atoms with van der Waals surface area (Å²) in [6, 6.07) is 0. The van der Waals surface area contributed by atoms with Gasteiger partial charge in [0, 0.05) is 0 Å². The second-order valence-electron chi connectivity index (χ2n) is 7.75. The largest absolute Gasteiger partial charge is 0.207 e. The van der Waals surface area contributed by atoms with Crippen LogP contribution in [0, 0.1) is 23.7 Å². The third-order valence-corrected chi connectivity index (χ3v) is 5.37. The highest BCUT2D eigenvalue weighted by Gasteiger charge is 2.18. The molecule has 0 spiro atoms. The van der Waals surface area contributed by atoms with E-state index in [4.69, 9.17) is 0 Å². The normalized spacial score (nSPS) is 20.5. The molecular formula is C20H35F. The molecule has 3 unspecified atom stereocenters. The minimum atomic E-state index is 0.0152. The molecular weight excluding hydrogens is 259 g/mol. The summed E-state index contributed by atoms with van der Waals surface area (Å²) in [5.41, 5.74) is 2.24. The Balaban J connectivity index is 2.39. The quantitative estimate of drug-likeness (QED) is 0.449. The van der Waals surface area contributed by atoms with E-state index in [9.17, 15) is 4.39 Å². The lowest BCUT2D eigenvalue weighted by Gasteiger charge is -2.24. The van der Waals surface area contributed by atoms with Crippen LogP contribution in [-0.4, -0.2) is 0 Å². The molecule has 0 saturated carbocycles. The van der Waals surface area contributed by atoms with Gasteiger partial charge in [-0.15, -0.1) is 0 Å². The molecule has 122 valence electrons. The fraction of sp³-hybridized carbons (Fsp3) is 0.800. The number of hydrogen-bond acceptors (Lipinski definition) is 0. The van der Waals surface area contributed by atoms with Gasteiger partial charge in [-0.25, -0.2) is 4.39 Å². The first-order valence-electron chi connectivity index (χ1n) is 8.87. The summed E-state index contributed by atoms with van der Waals surface area (Å²) in [5.74, 6) is 2.94. The van der Waals surface area contributed by atoms with Crippen molar-refractivity contribution in [1.29, 1.82) is 0 Å². The van der Waals surface area contributed by atoms with Crippen molar-refractivity contribution in [2.24, 2.45) is 23.7 Å². The fourth-order valence-corrected chi connectivity index (χ4v) is 3.06. The molecule has 0 heterocycles. The Hall–Kier alpha value is -0.590. The molecule has 0 aromatic carbocycles. The highest BCUT2D eigenvalue weighted by atomic mass is 19.1. The van der Waals surface area contributed by atoms with Crippen LogP contribution < -0.4 is 0 Å². The van der Waals surface area contributed by atoms with Gasteiger partial charge in [-0.2, -0.15) is 0 Å². The van der Waals surface area contributed by atoms with Gasteiger partial charge in [0.1, 0.15) is 5.83 Å². The summed E-state index contributed by atoms with van der Waals surface area (Å²) in [4.78, 5) is 0. The average Bonchev–Trinajstić information content (AvgIpc) is 2.44. The Morgan fingerprint density at radius 1 is 0.905 bits per heavy atom. The molecule has 0 radical (unpaired) electrons. The molecule has 0 nitrogen and oxygen atoms in total. The van der Waals surface area contributed by atoms with Gasteiger partial charge in [-0.05, 0) is 67.9 Å². The Morgan fingerprint density at radius 2 is 1.48 bits per heavy atom. The SMILES string of the molecule is CC1=C(F)C=C(C(C)CCC(C)C(C)CCC(C)C)CC1. The molecule has 0 fully saturated rings. The highest BCUT2D eigenvalue weighted by molar-refractivity contribution is 5.29. The molecule has 0 aliphatic heterocycles. The van der Waals surface area contributed by atoms with Crippen molar-refractivity contribution in [3.05, 3.63) is 23.0 Å². The first-order valence-corrected chi connectivity index (χ1v) is 8.87. The van der Waals surface area contributed by atoms with Crippen LogP contribution in [0.1, 0.15) is 80.1 Å². The average molecular weight is 294 g/mol. The first-order chi connectivity index (χ1) is 9.81. The van der Waals surface area contributed by atoms with Crippen LogP contribution in [0.15, 0.2) is 23.0 Å². The van der Waals surface area contributed by atoms with Gasteiger partial charge >= 0.3 is 0 Å². The third kappa shape index (κ3) is 6.36. The second kappa shape index (κ2) is 8.76. The number of halogens is 1. The van der Waals surface area contributed by atoms with Crippen LogP contribution in [0.25, 0.3) is 0 Å². The van der Waals surface area contributed by atoms with Gasteiger partial charge in [0.25, 0.3) is 0 Å². The lowest BCUT2D eigenvalue weighted by molar-refractivity contribution is 0.304. The van der Waals surface area contributed by atoms with Crippen molar-refractivity contribution >= 4 is 0 Å². The summed E-state index contributed by atoms with van der Waals surface area (Å²) < 4.78 is 13.7. The van der Waals surface area contributed by atoms with Gasteiger partial charge in [-0.3, -0.25) is 0 Å². The smallest absolute Gasteiger partial charge is 0.122 e. The van der Waals surface area contributed by atoms with Crippen molar-refractivity contribution in [3.63, 3.8) is 0 Å². The lowest BCUT2D eigenvalue weighted by atomic mass is 9.82. The molecule has 1 rings (SSSR count). The monoisotopic (exact) mass is 294 g/mol. The third-order valence-electron chi connectivity index (χ3n) is 5.37. The van der Waals surface area contributed by atoms with E-state index in [2.05, 4.69) is 34.6 Å². The maximum Gasteiger partial charge on any atom is 0.122 e. The number of allylic oxidation sites excluding steroid dienone is 4. The van der Waals surface area contributed by atoms with Crippen molar-refractivity contribution in [2.45, 2.75) is 80.1 Å². The van der Waals surface area contributed by atoms with E-state index >= 15 is 0 Å². The summed E-state index contributed by atoms with van der Waals surface area (Å²) in [7, 11) is 0. The fourth-order valence-electron chi connectivity index (χ4n) is 3.06. The second-order valence-corrected chi connectivity index (χ2v) is 7.75. The molecule has 1 aliphatic rings. The van der Waals surface area contributed by atoms with E-state index in [-0.39, 0.29) is 5.83 Å². The van der Waals surface area contributed by atoms with E-state index in [0.29, 0.717) is 5.92 Å². The molecule has 0 saturated heterocycles. The van der Waals surface area contributed by atoms with E-state index in [1.165, 1.54) is 31.3 Å². The van der Waals surface area contributed by atoms with Crippen molar-refractivity contribution in [3.8, 4) is 0 Å². The van der Waals surface area contributed by atoms with E-state index in [1.807, 2.05) is 6.92 Å². The van der Waals surface area contributed by atoms with E-state index < -0.39 is 0 Å². The van der Waals surface area contributed by atoms with E-state index in [0.717, 1.165) is 36.2 Å². The Labute approximate surface area is 131 Å². The first kappa shape index (κ1) is 18.5. The molecule has 0 bridgehead atoms. The number of rotatable bonds is 8. The minimum absolute atomic E-state index is 0.0152. The molecule has 0 N–H and O–H groups in total. The zero-order valence-corrected chi connectivity index (χ0v) is 15.0. The minimum Gasteiger partial charge on any atom is -0.207 e. The van der Waals surface area contributed by atoms with E-state index in [1.54, 1.807) is 6.08 Å².